The minimum Gasteiger partial charge on any atom is -0.507 e. The topological polar surface area (TPSA) is 76.1 Å². The highest BCUT2D eigenvalue weighted by Crippen LogP contribution is 2.41. The van der Waals surface area contributed by atoms with Crippen molar-refractivity contribution in [3.8, 4) is 5.75 Å². The zero-order chi connectivity index (χ0) is 24.1. The number of halogens is 1. The van der Waals surface area contributed by atoms with E-state index in [-0.39, 0.29) is 29.5 Å². The molecule has 4 rings (SSSR count). The number of aliphatic hydroxyl groups excluding tert-OH is 1. The van der Waals surface area contributed by atoms with Crippen molar-refractivity contribution in [1.29, 1.82) is 0 Å². The fourth-order valence-corrected chi connectivity index (χ4v) is 4.50. The first-order valence-corrected chi connectivity index (χ1v) is 11.9. The smallest absolute Gasteiger partial charge is 0.295 e. The Balaban J connectivity index is 1.68. The maximum Gasteiger partial charge on any atom is 0.295 e. The van der Waals surface area contributed by atoms with Gasteiger partial charge in [-0.2, -0.15) is 0 Å². The van der Waals surface area contributed by atoms with Crippen molar-refractivity contribution >= 4 is 17.4 Å². The standard InChI is InChI=1S/C27H30FNO5/c1-2-3-6-15-33-19-13-11-18(12-14-19)25(30)23-24(21-9-4-5-10-22(21)28)29(27(32)26(23)31)17-20-8-7-16-34-20/h4-5,9-14,20,24,30H,2-3,6-8,15-17H2,1H3/b25-23-. The van der Waals surface area contributed by atoms with E-state index in [0.29, 0.717) is 24.5 Å². The molecule has 7 heteroatoms. The van der Waals surface area contributed by atoms with Crippen LogP contribution >= 0.6 is 0 Å². The molecule has 2 unspecified atom stereocenters. The Kier molecular flexibility index (Phi) is 7.63. The number of benzene rings is 2. The second-order valence-corrected chi connectivity index (χ2v) is 8.69. The molecule has 0 saturated carbocycles. The van der Waals surface area contributed by atoms with E-state index < -0.39 is 23.5 Å². The maximum absolute atomic E-state index is 14.8. The van der Waals surface area contributed by atoms with Gasteiger partial charge in [0.1, 0.15) is 17.3 Å². The predicted molar refractivity (Wildman–Crippen MR) is 126 cm³/mol. The van der Waals surface area contributed by atoms with Crippen molar-refractivity contribution in [2.45, 2.75) is 51.2 Å². The Morgan fingerprint density at radius 3 is 2.59 bits per heavy atom. The van der Waals surface area contributed by atoms with Crippen molar-refractivity contribution < 1.29 is 28.6 Å². The molecule has 2 aromatic carbocycles. The number of Topliss-reactive ketones (excluding diaryl/α,β-unsaturated/α-hetero) is 1. The second kappa shape index (κ2) is 10.8. The lowest BCUT2D eigenvalue weighted by molar-refractivity contribution is -0.140. The first-order valence-electron chi connectivity index (χ1n) is 11.9. The average Bonchev–Trinajstić information content (AvgIpc) is 3.45. The van der Waals surface area contributed by atoms with E-state index in [1.807, 2.05) is 0 Å². The first kappa shape index (κ1) is 24.0. The van der Waals surface area contributed by atoms with Crippen molar-refractivity contribution in [2.24, 2.45) is 0 Å². The number of hydrogen-bond donors (Lipinski definition) is 1. The maximum atomic E-state index is 14.8. The molecule has 2 heterocycles. The fourth-order valence-electron chi connectivity index (χ4n) is 4.50. The van der Waals surface area contributed by atoms with E-state index in [0.717, 1.165) is 32.1 Å². The lowest BCUT2D eigenvalue weighted by Gasteiger charge is -2.27. The second-order valence-electron chi connectivity index (χ2n) is 8.69. The molecular weight excluding hydrogens is 437 g/mol. The number of amides is 1. The van der Waals surface area contributed by atoms with Crippen LogP contribution in [0.3, 0.4) is 0 Å². The zero-order valence-electron chi connectivity index (χ0n) is 19.3. The lowest BCUT2D eigenvalue weighted by Crippen LogP contribution is -2.36. The molecule has 2 saturated heterocycles. The van der Waals surface area contributed by atoms with Gasteiger partial charge in [-0.1, -0.05) is 38.0 Å². The summed E-state index contributed by atoms with van der Waals surface area (Å²) < 4.78 is 26.2. The molecule has 2 aromatic rings. The number of likely N-dealkylation sites (tertiary alicyclic amines) is 1. The molecule has 2 atom stereocenters. The number of carbonyl (C=O) groups excluding carboxylic acids is 2. The zero-order valence-corrected chi connectivity index (χ0v) is 19.3. The van der Waals surface area contributed by atoms with Crippen LogP contribution in [-0.4, -0.2) is 47.6 Å². The number of unbranched alkanes of at least 4 members (excludes halogenated alkanes) is 2. The SMILES string of the molecule is CCCCCOc1ccc(/C(O)=C2/C(=O)C(=O)N(CC3CCCO3)C2c2ccccc2F)cc1. The van der Waals surface area contributed by atoms with Crippen molar-refractivity contribution in [1.82, 2.24) is 4.90 Å². The van der Waals surface area contributed by atoms with Gasteiger partial charge in [-0.25, -0.2) is 4.39 Å². The van der Waals surface area contributed by atoms with Crippen LogP contribution in [0.25, 0.3) is 5.76 Å². The van der Waals surface area contributed by atoms with E-state index in [4.69, 9.17) is 9.47 Å². The van der Waals surface area contributed by atoms with Gasteiger partial charge in [-0.3, -0.25) is 9.59 Å². The first-order chi connectivity index (χ1) is 16.5. The van der Waals surface area contributed by atoms with Crippen LogP contribution in [0.15, 0.2) is 54.1 Å². The third-order valence-corrected chi connectivity index (χ3v) is 6.31. The normalized spacial score (nSPS) is 21.9. The van der Waals surface area contributed by atoms with E-state index in [1.165, 1.54) is 17.0 Å². The van der Waals surface area contributed by atoms with Crippen molar-refractivity contribution in [3.63, 3.8) is 0 Å². The molecular formula is C27H30FNO5. The molecule has 0 aromatic heterocycles. The van der Waals surface area contributed by atoms with Crippen molar-refractivity contribution in [3.05, 3.63) is 71.0 Å². The monoisotopic (exact) mass is 467 g/mol. The fraction of sp³-hybridized carbons (Fsp3) is 0.407. The summed E-state index contributed by atoms with van der Waals surface area (Å²) in [6.07, 6.45) is 4.54. The number of aliphatic hydroxyl groups is 1. The summed E-state index contributed by atoms with van der Waals surface area (Å²) in [5.41, 5.74) is 0.402. The number of ether oxygens (including phenoxy) is 2. The van der Waals surface area contributed by atoms with Crippen LogP contribution in [0.2, 0.25) is 0 Å². The summed E-state index contributed by atoms with van der Waals surface area (Å²) in [5, 5.41) is 11.1. The highest BCUT2D eigenvalue weighted by atomic mass is 19.1. The quantitative estimate of drug-likeness (QED) is 0.243. The Bertz CT molecular complexity index is 1060. The minimum atomic E-state index is -1.03. The highest BCUT2D eigenvalue weighted by molar-refractivity contribution is 6.46. The largest absolute Gasteiger partial charge is 0.507 e. The molecule has 0 radical (unpaired) electrons. The van der Waals surface area contributed by atoms with Crippen LogP contribution in [-0.2, 0) is 14.3 Å². The summed E-state index contributed by atoms with van der Waals surface area (Å²) >= 11 is 0. The number of nitrogens with zero attached hydrogens (tertiary/aromatic N) is 1. The van der Waals surface area contributed by atoms with Crippen LogP contribution < -0.4 is 4.74 Å². The average molecular weight is 468 g/mol. The van der Waals surface area contributed by atoms with E-state index in [1.54, 1.807) is 36.4 Å². The van der Waals surface area contributed by atoms with Gasteiger partial charge in [-0.15, -0.1) is 0 Å². The summed E-state index contributed by atoms with van der Waals surface area (Å²) in [5.74, 6) is -1.82. The Hall–Kier alpha value is -3.19. The summed E-state index contributed by atoms with van der Waals surface area (Å²) in [4.78, 5) is 27.4. The molecule has 34 heavy (non-hydrogen) atoms. The van der Waals surface area contributed by atoms with Gasteiger partial charge >= 0.3 is 0 Å². The minimum absolute atomic E-state index is 0.121. The molecule has 2 aliphatic rings. The molecule has 1 N–H and O–H groups in total. The lowest BCUT2D eigenvalue weighted by atomic mass is 9.94. The molecule has 6 nitrogen and oxygen atoms in total. The summed E-state index contributed by atoms with van der Waals surface area (Å²) in [6.45, 7) is 3.47. The van der Waals surface area contributed by atoms with Gasteiger partial charge in [0.25, 0.3) is 11.7 Å². The molecule has 0 spiro atoms. The van der Waals surface area contributed by atoms with Gasteiger partial charge < -0.3 is 19.5 Å². The predicted octanol–water partition coefficient (Wildman–Crippen LogP) is 5.00. The Morgan fingerprint density at radius 1 is 1.15 bits per heavy atom. The van der Waals surface area contributed by atoms with Gasteiger partial charge in [-0.05, 0) is 49.6 Å². The molecule has 0 bridgehead atoms. The number of rotatable bonds is 9. The third kappa shape index (κ3) is 4.99. The van der Waals surface area contributed by atoms with Crippen LogP contribution in [0.4, 0.5) is 4.39 Å². The van der Waals surface area contributed by atoms with Crippen molar-refractivity contribution in [2.75, 3.05) is 19.8 Å². The molecule has 180 valence electrons. The highest BCUT2D eigenvalue weighted by Gasteiger charge is 2.47. The van der Waals surface area contributed by atoms with Crippen LogP contribution in [0.5, 0.6) is 5.75 Å². The van der Waals surface area contributed by atoms with Gasteiger partial charge in [0.15, 0.2) is 0 Å². The third-order valence-electron chi connectivity index (χ3n) is 6.31. The van der Waals surface area contributed by atoms with E-state index in [9.17, 15) is 19.1 Å². The summed E-state index contributed by atoms with van der Waals surface area (Å²) in [6, 6.07) is 11.7. The van der Waals surface area contributed by atoms with Gasteiger partial charge in [0, 0.05) is 24.3 Å². The molecule has 2 aliphatic heterocycles. The molecule has 0 aliphatic carbocycles. The Morgan fingerprint density at radius 2 is 1.91 bits per heavy atom. The summed E-state index contributed by atoms with van der Waals surface area (Å²) in [7, 11) is 0. The number of hydrogen-bond acceptors (Lipinski definition) is 5. The Labute approximate surface area is 199 Å². The van der Waals surface area contributed by atoms with Crippen LogP contribution in [0, 0.1) is 5.82 Å². The van der Waals surface area contributed by atoms with E-state index in [2.05, 4.69) is 6.92 Å². The van der Waals surface area contributed by atoms with Gasteiger partial charge in [0.2, 0.25) is 0 Å². The molecule has 2 fully saturated rings. The van der Waals surface area contributed by atoms with E-state index >= 15 is 0 Å². The van der Waals surface area contributed by atoms with Gasteiger partial charge in [0.05, 0.1) is 24.3 Å². The van der Waals surface area contributed by atoms with Crippen LogP contribution in [0.1, 0.15) is 56.2 Å². The molecule has 1 amide bonds. The number of carbonyl (C=O) groups is 2. The number of ketones is 1.